The molecule has 1 aromatic carbocycles. The molecule has 1 aliphatic heterocycles. The van der Waals surface area contributed by atoms with Crippen molar-refractivity contribution in [2.45, 2.75) is 24.6 Å². The van der Waals surface area contributed by atoms with Crippen molar-refractivity contribution in [3.8, 4) is 12.5 Å². The Labute approximate surface area is 123 Å². The third-order valence-electron chi connectivity index (χ3n) is 3.73. The zero-order valence-electron chi connectivity index (χ0n) is 10.6. The number of ether oxygens (including phenoxy) is 1. The molecule has 2 aliphatic rings. The minimum absolute atomic E-state index is 0.0117. The predicted molar refractivity (Wildman–Crippen MR) is 69.7 cm³/mol. The number of hydrogen-bond donors (Lipinski definition) is 0. The van der Waals surface area contributed by atoms with Gasteiger partial charge >= 0.3 is 12.3 Å². The second-order valence-electron chi connectivity index (χ2n) is 5.00. The number of rotatable bonds is 1. The lowest BCUT2D eigenvalue weighted by Crippen LogP contribution is -2.54. The van der Waals surface area contributed by atoms with Crippen LogP contribution in [0.25, 0.3) is 0 Å². The molecule has 1 saturated carbocycles. The van der Waals surface area contributed by atoms with Gasteiger partial charge in [-0.2, -0.15) is 13.2 Å². The minimum Gasteiger partial charge on any atom is -0.427 e. The van der Waals surface area contributed by atoms with Crippen molar-refractivity contribution < 1.29 is 22.7 Å². The Balaban J connectivity index is 2.31. The van der Waals surface area contributed by atoms with Crippen molar-refractivity contribution in [2.75, 3.05) is 4.90 Å². The van der Waals surface area contributed by atoms with Gasteiger partial charge in [0.25, 0.3) is 0 Å². The van der Waals surface area contributed by atoms with E-state index in [1.54, 1.807) is 0 Å². The van der Waals surface area contributed by atoms with Crippen molar-refractivity contribution in [1.29, 1.82) is 0 Å². The number of benzene rings is 1. The monoisotopic (exact) mass is 315 g/mol. The lowest BCUT2D eigenvalue weighted by Gasteiger charge is -2.42. The van der Waals surface area contributed by atoms with Crippen LogP contribution in [0.15, 0.2) is 18.2 Å². The summed E-state index contributed by atoms with van der Waals surface area (Å²) in [5, 5.41) is 0.123. The molecule has 3 nitrogen and oxygen atoms in total. The molecule has 110 valence electrons. The van der Waals surface area contributed by atoms with Gasteiger partial charge in [0.2, 0.25) is 5.60 Å². The van der Waals surface area contributed by atoms with Gasteiger partial charge in [-0.25, -0.2) is 9.69 Å². The molecular weight excluding hydrogens is 307 g/mol. The maximum Gasteiger partial charge on any atom is 0.433 e. The number of carbonyl (C=O) groups is 1. The van der Waals surface area contributed by atoms with Crippen molar-refractivity contribution >= 4 is 23.4 Å². The highest BCUT2D eigenvalue weighted by molar-refractivity contribution is 6.30. The molecule has 1 fully saturated rings. The van der Waals surface area contributed by atoms with E-state index >= 15 is 0 Å². The van der Waals surface area contributed by atoms with Gasteiger partial charge < -0.3 is 4.74 Å². The van der Waals surface area contributed by atoms with Crippen LogP contribution in [0.5, 0.6) is 0 Å². The number of amides is 1. The fourth-order valence-corrected chi connectivity index (χ4v) is 2.87. The SMILES string of the molecule is C#CN1C(=O)OC(C2CC2)(C(F)(F)F)c2cc(Cl)ccc21. The Bertz CT molecular complexity index is 663. The summed E-state index contributed by atoms with van der Waals surface area (Å²) in [6, 6.07) is 5.89. The Morgan fingerprint density at radius 1 is 1.43 bits per heavy atom. The molecule has 1 unspecified atom stereocenters. The van der Waals surface area contributed by atoms with Gasteiger partial charge in [-0.1, -0.05) is 18.0 Å². The van der Waals surface area contributed by atoms with Gasteiger partial charge in [0.05, 0.1) is 5.69 Å². The molecule has 1 amide bonds. The van der Waals surface area contributed by atoms with Crippen LogP contribution < -0.4 is 4.90 Å². The van der Waals surface area contributed by atoms with Crippen LogP contribution in [0.4, 0.5) is 23.7 Å². The molecule has 3 rings (SSSR count). The first-order valence-electron chi connectivity index (χ1n) is 6.17. The van der Waals surface area contributed by atoms with Crippen molar-refractivity contribution in [3.05, 3.63) is 28.8 Å². The average molecular weight is 316 g/mol. The Morgan fingerprint density at radius 3 is 2.62 bits per heavy atom. The van der Waals surface area contributed by atoms with E-state index in [4.69, 9.17) is 22.8 Å². The summed E-state index contributed by atoms with van der Waals surface area (Å²) in [5.41, 5.74) is -2.89. The van der Waals surface area contributed by atoms with Gasteiger partial charge in [0.15, 0.2) is 0 Å². The van der Waals surface area contributed by atoms with Gasteiger partial charge in [-0.3, -0.25) is 0 Å². The zero-order chi connectivity index (χ0) is 15.4. The van der Waals surface area contributed by atoms with E-state index in [2.05, 4.69) is 0 Å². The number of fused-ring (bicyclic) bond motifs is 1. The molecule has 0 saturated heterocycles. The van der Waals surface area contributed by atoms with E-state index in [1.165, 1.54) is 18.2 Å². The van der Waals surface area contributed by atoms with Crippen LogP contribution >= 0.6 is 11.6 Å². The second-order valence-corrected chi connectivity index (χ2v) is 5.44. The third kappa shape index (κ3) is 1.88. The summed E-state index contributed by atoms with van der Waals surface area (Å²) in [5.74, 6) is -0.807. The van der Waals surface area contributed by atoms with E-state index in [0.29, 0.717) is 12.8 Å². The summed E-state index contributed by atoms with van der Waals surface area (Å²) >= 11 is 5.83. The highest BCUT2D eigenvalue weighted by atomic mass is 35.5. The summed E-state index contributed by atoms with van der Waals surface area (Å²) in [7, 11) is 0. The van der Waals surface area contributed by atoms with Crippen LogP contribution in [0.2, 0.25) is 5.02 Å². The zero-order valence-corrected chi connectivity index (χ0v) is 11.3. The summed E-state index contributed by atoms with van der Waals surface area (Å²) < 4.78 is 45.9. The lowest BCUT2D eigenvalue weighted by molar-refractivity contribution is -0.274. The van der Waals surface area contributed by atoms with E-state index in [-0.39, 0.29) is 16.3 Å². The molecule has 1 aromatic rings. The van der Waals surface area contributed by atoms with Gasteiger partial charge in [-0.15, -0.1) is 0 Å². The topological polar surface area (TPSA) is 29.5 Å². The number of nitrogens with zero attached hydrogens (tertiary/aromatic N) is 1. The number of carbonyl (C=O) groups excluding carboxylic acids is 1. The highest BCUT2D eigenvalue weighted by Crippen LogP contribution is 2.60. The molecule has 0 aromatic heterocycles. The molecule has 1 heterocycles. The van der Waals surface area contributed by atoms with Crippen LogP contribution in [0.1, 0.15) is 18.4 Å². The molecule has 0 spiro atoms. The summed E-state index contributed by atoms with van der Waals surface area (Å²) in [4.78, 5) is 12.6. The smallest absolute Gasteiger partial charge is 0.427 e. The molecule has 0 bridgehead atoms. The molecule has 7 heteroatoms. The molecular formula is C14H9ClF3NO2. The van der Waals surface area contributed by atoms with Crippen molar-refractivity contribution in [1.82, 2.24) is 0 Å². The Kier molecular flexibility index (Phi) is 2.89. The second kappa shape index (κ2) is 4.31. The van der Waals surface area contributed by atoms with E-state index in [9.17, 15) is 18.0 Å². The van der Waals surface area contributed by atoms with Crippen LogP contribution in [-0.4, -0.2) is 12.3 Å². The number of alkyl halides is 3. The fourth-order valence-electron chi connectivity index (χ4n) is 2.69. The minimum atomic E-state index is -4.75. The molecule has 21 heavy (non-hydrogen) atoms. The maximum absolute atomic E-state index is 13.7. The number of anilines is 1. The highest BCUT2D eigenvalue weighted by Gasteiger charge is 2.69. The number of terminal acetylenes is 1. The van der Waals surface area contributed by atoms with Crippen LogP contribution in [0, 0.1) is 18.4 Å². The first-order valence-corrected chi connectivity index (χ1v) is 6.55. The predicted octanol–water partition coefficient (Wildman–Crippen LogP) is 4.05. The normalized spacial score (nSPS) is 25.1. The summed E-state index contributed by atoms with van der Waals surface area (Å²) in [6.45, 7) is 0. The van der Waals surface area contributed by atoms with Crippen molar-refractivity contribution in [3.63, 3.8) is 0 Å². The third-order valence-corrected chi connectivity index (χ3v) is 3.97. The Morgan fingerprint density at radius 2 is 2.10 bits per heavy atom. The van der Waals surface area contributed by atoms with Crippen LogP contribution in [-0.2, 0) is 10.3 Å². The standard InChI is InChI=1S/C14H9ClF3NO2/c1-2-19-11-6-5-9(15)7-10(11)13(8-3-4-8,14(16,17)18)21-12(19)20/h1,5-8H,3-4H2. The number of cyclic esters (lactones) is 1. The lowest BCUT2D eigenvalue weighted by atomic mass is 9.85. The van der Waals surface area contributed by atoms with E-state index in [1.807, 2.05) is 6.04 Å². The first kappa shape index (κ1) is 14.1. The van der Waals surface area contributed by atoms with Crippen LogP contribution in [0.3, 0.4) is 0 Å². The van der Waals surface area contributed by atoms with Gasteiger partial charge in [-0.05, 0) is 31.0 Å². The largest absolute Gasteiger partial charge is 0.433 e. The quantitative estimate of drug-likeness (QED) is 0.732. The Hall–Kier alpha value is -1.87. The van der Waals surface area contributed by atoms with E-state index < -0.39 is 23.8 Å². The van der Waals surface area contributed by atoms with Gasteiger partial charge in [0.1, 0.15) is 0 Å². The van der Waals surface area contributed by atoms with E-state index in [0.717, 1.165) is 4.90 Å². The first-order chi connectivity index (χ1) is 9.81. The van der Waals surface area contributed by atoms with Gasteiger partial charge in [0, 0.05) is 22.5 Å². The summed E-state index contributed by atoms with van der Waals surface area (Å²) in [6.07, 6.45) is -0.0906. The molecule has 0 N–H and O–H groups in total. The molecule has 0 radical (unpaired) electrons. The fraction of sp³-hybridized carbons (Fsp3) is 0.357. The maximum atomic E-state index is 13.7. The molecule has 1 atom stereocenters. The number of halogens is 4. The average Bonchev–Trinajstić information content (AvgIpc) is 3.21. The van der Waals surface area contributed by atoms with Crippen molar-refractivity contribution in [2.24, 2.45) is 5.92 Å². The number of hydrogen-bond acceptors (Lipinski definition) is 2. The molecule has 1 aliphatic carbocycles.